The third-order valence-electron chi connectivity index (χ3n) is 3.38. The number of hydrazone groups is 1. The number of nitrogens with zero attached hydrogens (tertiary/aromatic N) is 1. The van der Waals surface area contributed by atoms with Gasteiger partial charge in [0, 0.05) is 13.2 Å². The number of rotatable bonds is 8. The van der Waals surface area contributed by atoms with Crippen molar-refractivity contribution >= 4 is 23.5 Å². The predicted molar refractivity (Wildman–Crippen MR) is 94.5 cm³/mol. The molecule has 0 bridgehead atoms. The fourth-order valence-electron chi connectivity index (χ4n) is 2.28. The van der Waals surface area contributed by atoms with Crippen LogP contribution in [0.2, 0.25) is 0 Å². The van der Waals surface area contributed by atoms with Crippen molar-refractivity contribution < 1.29 is 23.0 Å². The second kappa shape index (κ2) is 10.1. The highest BCUT2D eigenvalue weighted by Crippen LogP contribution is 2.29. The zero-order valence-corrected chi connectivity index (χ0v) is 14.7. The number of thiocarbonyl (C=S) groups is 1. The van der Waals surface area contributed by atoms with E-state index in [1.165, 1.54) is 12.3 Å². The number of hydrogen-bond acceptors (Lipinski definition) is 5. The summed E-state index contributed by atoms with van der Waals surface area (Å²) in [6.07, 6.45) is 3.78. The second-order valence-corrected chi connectivity index (χ2v) is 5.64. The van der Waals surface area contributed by atoms with E-state index in [9.17, 15) is 8.78 Å². The van der Waals surface area contributed by atoms with Crippen LogP contribution in [0.3, 0.4) is 0 Å². The van der Waals surface area contributed by atoms with Gasteiger partial charge in [-0.3, -0.25) is 5.43 Å². The van der Waals surface area contributed by atoms with Crippen molar-refractivity contribution in [1.29, 1.82) is 0 Å². The van der Waals surface area contributed by atoms with Crippen molar-refractivity contribution in [1.82, 2.24) is 10.7 Å². The average Bonchev–Trinajstić information content (AvgIpc) is 3.08. The molecule has 1 atom stereocenters. The first-order valence-corrected chi connectivity index (χ1v) is 8.39. The number of nitrogens with one attached hydrogen (secondary N) is 2. The monoisotopic (exact) mass is 373 g/mol. The molecular weight excluding hydrogens is 352 g/mol. The van der Waals surface area contributed by atoms with Crippen LogP contribution >= 0.6 is 12.2 Å². The van der Waals surface area contributed by atoms with Crippen molar-refractivity contribution in [3.8, 4) is 11.5 Å². The quantitative estimate of drug-likeness (QED) is 0.415. The summed E-state index contributed by atoms with van der Waals surface area (Å²) in [4.78, 5) is 0. The predicted octanol–water partition coefficient (Wildman–Crippen LogP) is 2.66. The fraction of sp³-hybridized carbons (Fsp3) is 0.500. The van der Waals surface area contributed by atoms with Gasteiger partial charge in [0.1, 0.15) is 0 Å². The molecule has 1 aliphatic rings. The van der Waals surface area contributed by atoms with Gasteiger partial charge in [-0.1, -0.05) is 0 Å². The maximum atomic E-state index is 12.4. The third-order valence-corrected chi connectivity index (χ3v) is 3.61. The molecule has 1 aliphatic heterocycles. The van der Waals surface area contributed by atoms with Gasteiger partial charge in [-0.05, 0) is 55.7 Å². The molecule has 0 aromatic heterocycles. The van der Waals surface area contributed by atoms with Gasteiger partial charge >= 0.3 is 6.61 Å². The van der Waals surface area contributed by atoms with Crippen LogP contribution in [0.5, 0.6) is 11.5 Å². The zero-order chi connectivity index (χ0) is 18.1. The van der Waals surface area contributed by atoms with E-state index in [2.05, 4.69) is 20.6 Å². The molecule has 1 aromatic rings. The Kier molecular flexibility index (Phi) is 7.80. The molecule has 2 rings (SSSR count). The minimum atomic E-state index is -2.91. The van der Waals surface area contributed by atoms with E-state index < -0.39 is 6.61 Å². The highest BCUT2D eigenvalue weighted by atomic mass is 32.1. The van der Waals surface area contributed by atoms with Gasteiger partial charge in [0.25, 0.3) is 0 Å². The lowest BCUT2D eigenvalue weighted by Gasteiger charge is -2.12. The van der Waals surface area contributed by atoms with Gasteiger partial charge in [0.15, 0.2) is 16.6 Å². The lowest BCUT2D eigenvalue weighted by atomic mass is 10.2. The van der Waals surface area contributed by atoms with Crippen LogP contribution in [0, 0.1) is 0 Å². The molecule has 0 radical (unpaired) electrons. The van der Waals surface area contributed by atoms with Crippen LogP contribution < -0.4 is 20.2 Å². The van der Waals surface area contributed by atoms with Gasteiger partial charge in [0.05, 0.1) is 18.9 Å². The van der Waals surface area contributed by atoms with Crippen LogP contribution in [0.1, 0.15) is 25.3 Å². The van der Waals surface area contributed by atoms with E-state index in [-0.39, 0.29) is 17.6 Å². The van der Waals surface area contributed by atoms with E-state index in [1.54, 1.807) is 19.1 Å². The van der Waals surface area contributed by atoms with E-state index >= 15 is 0 Å². The van der Waals surface area contributed by atoms with Crippen molar-refractivity contribution in [3.05, 3.63) is 23.8 Å². The van der Waals surface area contributed by atoms with Gasteiger partial charge < -0.3 is 19.5 Å². The van der Waals surface area contributed by atoms with E-state index in [1.807, 2.05) is 0 Å². The van der Waals surface area contributed by atoms with Gasteiger partial charge in [-0.2, -0.15) is 13.9 Å². The summed E-state index contributed by atoms with van der Waals surface area (Å²) in [6.45, 7) is 0.600. The lowest BCUT2D eigenvalue weighted by Crippen LogP contribution is -2.37. The topological polar surface area (TPSA) is 64.1 Å². The maximum absolute atomic E-state index is 12.4. The number of alkyl halides is 2. The molecule has 0 aliphatic carbocycles. The molecule has 0 unspecified atom stereocenters. The van der Waals surface area contributed by atoms with Gasteiger partial charge in [-0.25, -0.2) is 0 Å². The number of ether oxygens (including phenoxy) is 3. The minimum absolute atomic E-state index is 0.0179. The molecule has 1 aromatic carbocycles. The summed E-state index contributed by atoms with van der Waals surface area (Å²) >= 11 is 5.12. The van der Waals surface area contributed by atoms with Crippen molar-refractivity contribution in [2.24, 2.45) is 5.10 Å². The van der Waals surface area contributed by atoms with Gasteiger partial charge in [-0.15, -0.1) is 0 Å². The molecule has 1 heterocycles. The molecule has 1 saturated heterocycles. The molecule has 1 fully saturated rings. The van der Waals surface area contributed by atoms with Crippen LogP contribution in [0.25, 0.3) is 0 Å². The number of halogens is 2. The Balaban J connectivity index is 1.86. The van der Waals surface area contributed by atoms with Gasteiger partial charge in [0.2, 0.25) is 0 Å². The first-order chi connectivity index (χ1) is 12.1. The molecule has 2 N–H and O–H groups in total. The average molecular weight is 373 g/mol. The van der Waals surface area contributed by atoms with E-state index in [4.69, 9.17) is 21.7 Å². The Morgan fingerprint density at radius 1 is 1.48 bits per heavy atom. The fourth-order valence-corrected chi connectivity index (χ4v) is 2.42. The second-order valence-electron chi connectivity index (χ2n) is 5.23. The number of benzene rings is 1. The first-order valence-electron chi connectivity index (χ1n) is 7.98. The van der Waals surface area contributed by atoms with Crippen molar-refractivity contribution in [2.75, 3.05) is 19.8 Å². The molecule has 138 valence electrons. The molecule has 9 heteroatoms. The molecule has 6 nitrogen and oxygen atoms in total. The lowest BCUT2D eigenvalue weighted by molar-refractivity contribution is -0.0514. The molecule has 0 spiro atoms. The summed E-state index contributed by atoms with van der Waals surface area (Å²) in [6, 6.07) is 4.57. The van der Waals surface area contributed by atoms with Crippen molar-refractivity contribution in [2.45, 2.75) is 32.5 Å². The smallest absolute Gasteiger partial charge is 0.387 e. The Labute approximate surface area is 150 Å². The largest absolute Gasteiger partial charge is 0.490 e. The molecule has 0 amide bonds. The zero-order valence-electron chi connectivity index (χ0n) is 13.8. The molecule has 0 saturated carbocycles. The Morgan fingerprint density at radius 2 is 2.32 bits per heavy atom. The van der Waals surface area contributed by atoms with Crippen LogP contribution in [-0.4, -0.2) is 43.8 Å². The van der Waals surface area contributed by atoms with E-state index in [0.29, 0.717) is 23.8 Å². The highest BCUT2D eigenvalue weighted by Gasteiger charge is 2.15. The first kappa shape index (κ1) is 19.3. The SMILES string of the molecule is CCOc1cc(/C=N\NC(=S)NC[C@H]2CCCO2)ccc1OC(F)F. The van der Waals surface area contributed by atoms with E-state index in [0.717, 1.165) is 19.4 Å². The van der Waals surface area contributed by atoms with Crippen LogP contribution in [0.15, 0.2) is 23.3 Å². The number of hydrogen-bond donors (Lipinski definition) is 2. The summed E-state index contributed by atoms with van der Waals surface area (Å²) < 4.78 is 40.0. The Morgan fingerprint density at radius 3 is 3.00 bits per heavy atom. The van der Waals surface area contributed by atoms with Crippen LogP contribution in [0.4, 0.5) is 8.78 Å². The third kappa shape index (κ3) is 6.79. The highest BCUT2D eigenvalue weighted by molar-refractivity contribution is 7.80. The normalized spacial score (nSPS) is 17.0. The standard InChI is InChI=1S/C16H21F2N3O3S/c1-2-22-14-8-11(5-6-13(14)24-15(17)18)9-20-21-16(25)19-10-12-4-3-7-23-12/h5-6,8-9,12,15H,2-4,7,10H2,1H3,(H2,19,21,25)/b20-9-/t12-/m1/s1. The molecule has 25 heavy (non-hydrogen) atoms. The summed E-state index contributed by atoms with van der Waals surface area (Å²) in [5.74, 6) is 0.210. The Bertz CT molecular complexity index is 596. The molecular formula is C16H21F2N3O3S. The maximum Gasteiger partial charge on any atom is 0.387 e. The summed E-state index contributed by atoms with van der Waals surface area (Å²) in [5.41, 5.74) is 3.35. The minimum Gasteiger partial charge on any atom is -0.490 e. The Hall–Kier alpha value is -2.00. The summed E-state index contributed by atoms with van der Waals surface area (Å²) in [5, 5.41) is 7.43. The summed E-state index contributed by atoms with van der Waals surface area (Å²) in [7, 11) is 0. The van der Waals surface area contributed by atoms with Crippen molar-refractivity contribution in [3.63, 3.8) is 0 Å². The van der Waals surface area contributed by atoms with Crippen LogP contribution in [-0.2, 0) is 4.74 Å².